The third kappa shape index (κ3) is 5.74. The summed E-state index contributed by atoms with van der Waals surface area (Å²) < 4.78 is 43.4. The quantitative estimate of drug-likeness (QED) is 0.794. The van der Waals surface area contributed by atoms with Crippen LogP contribution in [0.5, 0.6) is 0 Å². The number of carbonyl (C=O) groups excluding carboxylic acids is 1. The van der Waals surface area contributed by atoms with Gasteiger partial charge >= 0.3 is 12.3 Å². The Kier molecular flexibility index (Phi) is 6.04. The second kappa shape index (κ2) is 8.37. The third-order valence-electron chi connectivity index (χ3n) is 4.34. The van der Waals surface area contributed by atoms with Gasteiger partial charge in [-0.2, -0.15) is 18.2 Å². The fourth-order valence-electron chi connectivity index (χ4n) is 2.88. The number of nitrogens with one attached hydrogen (secondary N) is 1. The number of benzene rings is 1. The molecule has 0 spiro atoms. The van der Waals surface area contributed by atoms with Crippen molar-refractivity contribution in [2.75, 3.05) is 36.4 Å². The van der Waals surface area contributed by atoms with Gasteiger partial charge in [-0.1, -0.05) is 0 Å². The standard InChI is InChI=1S/C20H24F3N5O2/c1-19(2,3)30-18(29)28-12-10-27(11-13-28)17-24-9-8-16(26-17)25-15-6-4-14(5-7-15)20(21,22)23/h4-9H,10-13H2,1-3H3,(H,24,25,26). The predicted molar refractivity (Wildman–Crippen MR) is 107 cm³/mol. The SMILES string of the molecule is CC(C)(C)OC(=O)N1CCN(c2nccc(Nc3ccc(C(F)(F)F)cc3)n2)CC1. The molecule has 7 nitrogen and oxygen atoms in total. The van der Waals surface area contributed by atoms with E-state index in [0.29, 0.717) is 43.6 Å². The van der Waals surface area contributed by atoms with E-state index in [-0.39, 0.29) is 6.09 Å². The van der Waals surface area contributed by atoms with Gasteiger partial charge in [0.15, 0.2) is 0 Å². The molecule has 1 fully saturated rings. The van der Waals surface area contributed by atoms with Crippen molar-refractivity contribution in [3.63, 3.8) is 0 Å². The van der Waals surface area contributed by atoms with Crippen molar-refractivity contribution >= 4 is 23.5 Å². The van der Waals surface area contributed by atoms with E-state index in [4.69, 9.17) is 4.74 Å². The molecule has 10 heteroatoms. The largest absolute Gasteiger partial charge is 0.444 e. The first-order valence-electron chi connectivity index (χ1n) is 9.51. The molecule has 1 aromatic carbocycles. The average molecular weight is 423 g/mol. The third-order valence-corrected chi connectivity index (χ3v) is 4.34. The van der Waals surface area contributed by atoms with Gasteiger partial charge < -0.3 is 19.9 Å². The fraction of sp³-hybridized carbons (Fsp3) is 0.450. The lowest BCUT2D eigenvalue weighted by molar-refractivity contribution is -0.137. The number of hydrogen-bond donors (Lipinski definition) is 1. The molecule has 0 atom stereocenters. The molecule has 0 radical (unpaired) electrons. The Morgan fingerprint density at radius 2 is 1.67 bits per heavy atom. The summed E-state index contributed by atoms with van der Waals surface area (Å²) in [5.41, 5.74) is -0.767. The molecule has 0 bridgehead atoms. The van der Waals surface area contributed by atoms with Gasteiger partial charge in [-0.25, -0.2) is 9.78 Å². The van der Waals surface area contributed by atoms with Crippen LogP contribution in [0.25, 0.3) is 0 Å². The van der Waals surface area contributed by atoms with E-state index in [9.17, 15) is 18.0 Å². The molecule has 1 aromatic heterocycles. The zero-order valence-electron chi connectivity index (χ0n) is 17.0. The second-order valence-corrected chi connectivity index (χ2v) is 7.90. The summed E-state index contributed by atoms with van der Waals surface area (Å²) in [5, 5.41) is 2.99. The molecule has 2 aromatic rings. The van der Waals surface area contributed by atoms with E-state index in [1.165, 1.54) is 12.1 Å². The van der Waals surface area contributed by atoms with Crippen LogP contribution in [0.2, 0.25) is 0 Å². The molecular weight excluding hydrogens is 399 g/mol. The maximum Gasteiger partial charge on any atom is 0.416 e. The van der Waals surface area contributed by atoms with Gasteiger partial charge in [0.1, 0.15) is 11.4 Å². The molecule has 162 valence electrons. The summed E-state index contributed by atoms with van der Waals surface area (Å²) >= 11 is 0. The van der Waals surface area contributed by atoms with Crippen LogP contribution in [0.15, 0.2) is 36.5 Å². The number of rotatable bonds is 3. The van der Waals surface area contributed by atoms with E-state index in [1.807, 2.05) is 25.7 Å². The topological polar surface area (TPSA) is 70.6 Å². The molecule has 1 amide bonds. The number of nitrogens with zero attached hydrogens (tertiary/aromatic N) is 4. The molecule has 1 N–H and O–H groups in total. The Morgan fingerprint density at radius 1 is 1.03 bits per heavy atom. The van der Waals surface area contributed by atoms with Crippen LogP contribution in [0.1, 0.15) is 26.3 Å². The van der Waals surface area contributed by atoms with E-state index in [2.05, 4.69) is 15.3 Å². The summed E-state index contributed by atoms with van der Waals surface area (Å²) in [6.07, 6.45) is -3.14. The number of hydrogen-bond acceptors (Lipinski definition) is 6. The number of piperazine rings is 1. The summed E-state index contributed by atoms with van der Waals surface area (Å²) in [6, 6.07) is 6.37. The predicted octanol–water partition coefficient (Wildman–Crippen LogP) is 4.30. The number of ether oxygens (including phenoxy) is 1. The smallest absolute Gasteiger partial charge is 0.416 e. The van der Waals surface area contributed by atoms with Gasteiger partial charge in [-0.3, -0.25) is 0 Å². The van der Waals surface area contributed by atoms with Crippen LogP contribution in [0.4, 0.5) is 35.4 Å². The minimum atomic E-state index is -4.37. The average Bonchev–Trinajstić information content (AvgIpc) is 2.67. The minimum absolute atomic E-state index is 0.346. The van der Waals surface area contributed by atoms with Crippen LogP contribution in [-0.4, -0.2) is 52.7 Å². The minimum Gasteiger partial charge on any atom is -0.444 e. The lowest BCUT2D eigenvalue weighted by Crippen LogP contribution is -2.50. The van der Waals surface area contributed by atoms with Crippen molar-refractivity contribution in [1.82, 2.24) is 14.9 Å². The molecule has 1 saturated heterocycles. The highest BCUT2D eigenvalue weighted by atomic mass is 19.4. The van der Waals surface area contributed by atoms with E-state index >= 15 is 0 Å². The first kappa shape index (κ1) is 21.7. The number of carbonyl (C=O) groups is 1. The molecule has 30 heavy (non-hydrogen) atoms. The second-order valence-electron chi connectivity index (χ2n) is 7.90. The zero-order chi connectivity index (χ0) is 21.9. The summed E-state index contributed by atoms with van der Waals surface area (Å²) in [7, 11) is 0. The van der Waals surface area contributed by atoms with Crippen LogP contribution < -0.4 is 10.2 Å². The Morgan fingerprint density at radius 3 is 2.23 bits per heavy atom. The van der Waals surface area contributed by atoms with Crippen LogP contribution in [0, 0.1) is 0 Å². The lowest BCUT2D eigenvalue weighted by Gasteiger charge is -2.35. The Bertz CT molecular complexity index is 873. The zero-order valence-corrected chi connectivity index (χ0v) is 17.0. The molecule has 0 unspecified atom stereocenters. The summed E-state index contributed by atoms with van der Waals surface area (Å²) in [6.45, 7) is 7.52. The first-order valence-corrected chi connectivity index (χ1v) is 9.51. The fourth-order valence-corrected chi connectivity index (χ4v) is 2.88. The van der Waals surface area contributed by atoms with Crippen LogP contribution in [-0.2, 0) is 10.9 Å². The number of anilines is 3. The van der Waals surface area contributed by atoms with Gasteiger partial charge in [-0.05, 0) is 51.1 Å². The monoisotopic (exact) mass is 423 g/mol. The number of alkyl halides is 3. The maximum atomic E-state index is 12.7. The van der Waals surface area contributed by atoms with Crippen molar-refractivity contribution < 1.29 is 22.7 Å². The van der Waals surface area contributed by atoms with Crippen molar-refractivity contribution in [3.05, 3.63) is 42.1 Å². The Hall–Kier alpha value is -3.04. The van der Waals surface area contributed by atoms with Crippen molar-refractivity contribution in [3.8, 4) is 0 Å². The van der Waals surface area contributed by atoms with Crippen molar-refractivity contribution in [2.45, 2.75) is 32.5 Å². The number of aromatic nitrogens is 2. The van der Waals surface area contributed by atoms with E-state index in [0.717, 1.165) is 12.1 Å². The molecule has 1 aliphatic heterocycles. The highest BCUT2D eigenvalue weighted by Crippen LogP contribution is 2.30. The molecular formula is C20H24F3N5O2. The van der Waals surface area contributed by atoms with Crippen LogP contribution >= 0.6 is 0 Å². The molecule has 3 rings (SSSR count). The van der Waals surface area contributed by atoms with E-state index < -0.39 is 17.3 Å². The molecule has 1 aliphatic rings. The number of halogens is 3. The van der Waals surface area contributed by atoms with Gasteiger partial charge in [-0.15, -0.1) is 0 Å². The maximum absolute atomic E-state index is 12.7. The van der Waals surface area contributed by atoms with Crippen LogP contribution in [0.3, 0.4) is 0 Å². The summed E-state index contributed by atoms with van der Waals surface area (Å²) in [4.78, 5) is 24.5. The Labute approximate surface area is 172 Å². The molecule has 0 saturated carbocycles. The molecule has 0 aliphatic carbocycles. The first-order chi connectivity index (χ1) is 14.0. The highest BCUT2D eigenvalue weighted by molar-refractivity contribution is 5.68. The van der Waals surface area contributed by atoms with Gasteiger partial charge in [0, 0.05) is 38.1 Å². The summed E-state index contributed by atoms with van der Waals surface area (Å²) in [5.74, 6) is 0.949. The van der Waals surface area contributed by atoms with Gasteiger partial charge in [0.2, 0.25) is 5.95 Å². The number of amides is 1. The lowest BCUT2D eigenvalue weighted by atomic mass is 10.2. The van der Waals surface area contributed by atoms with Crippen molar-refractivity contribution in [2.24, 2.45) is 0 Å². The van der Waals surface area contributed by atoms with E-state index in [1.54, 1.807) is 17.2 Å². The Balaban J connectivity index is 1.60. The van der Waals surface area contributed by atoms with Gasteiger partial charge in [0.25, 0.3) is 0 Å². The normalized spacial score (nSPS) is 15.1. The van der Waals surface area contributed by atoms with Crippen molar-refractivity contribution in [1.29, 1.82) is 0 Å². The van der Waals surface area contributed by atoms with Gasteiger partial charge in [0.05, 0.1) is 5.56 Å². The molecule has 2 heterocycles. The highest BCUT2D eigenvalue weighted by Gasteiger charge is 2.30.